The van der Waals surface area contributed by atoms with Gasteiger partial charge in [0.15, 0.2) is 0 Å². The topological polar surface area (TPSA) is 49.7 Å². The third kappa shape index (κ3) is 3.31. The summed E-state index contributed by atoms with van der Waals surface area (Å²) < 4.78 is 1.98. The fraction of sp³-hybridized carbons (Fsp3) is 0.429. The van der Waals surface area contributed by atoms with Crippen LogP contribution in [-0.2, 0) is 25.9 Å². The van der Waals surface area contributed by atoms with Crippen molar-refractivity contribution in [1.29, 1.82) is 0 Å². The number of H-pyrrole nitrogens is 1. The molecule has 1 aliphatic rings. The van der Waals surface area contributed by atoms with Crippen molar-refractivity contribution in [2.75, 3.05) is 7.05 Å². The molecule has 0 fully saturated rings. The summed E-state index contributed by atoms with van der Waals surface area (Å²) >= 11 is 0. The summed E-state index contributed by atoms with van der Waals surface area (Å²) in [6.07, 6.45) is 8.72. The first-order valence-electron chi connectivity index (χ1n) is 9.45. The fourth-order valence-electron chi connectivity index (χ4n) is 4.18. The molecule has 0 unspecified atom stereocenters. The Balaban J connectivity index is 1.58. The second-order valence-corrected chi connectivity index (χ2v) is 7.55. The first kappa shape index (κ1) is 17.0. The number of benzene rings is 1. The zero-order chi connectivity index (χ0) is 18.1. The number of rotatable bonds is 5. The SMILES string of the molecule is Cc1cc(C)c(-n2cccn2)c(CN(C)Cc2n[nH]c3c2CCCC3)c1. The second kappa shape index (κ2) is 7.08. The van der Waals surface area contributed by atoms with E-state index in [1.807, 2.05) is 23.1 Å². The van der Waals surface area contributed by atoms with Gasteiger partial charge in [0.1, 0.15) is 0 Å². The van der Waals surface area contributed by atoms with Crippen molar-refractivity contribution >= 4 is 0 Å². The monoisotopic (exact) mass is 349 g/mol. The van der Waals surface area contributed by atoms with E-state index in [0.29, 0.717) is 0 Å². The molecule has 1 aromatic carbocycles. The Morgan fingerprint density at radius 2 is 2.00 bits per heavy atom. The van der Waals surface area contributed by atoms with Gasteiger partial charge in [0.05, 0.1) is 11.4 Å². The Bertz CT molecular complexity index is 892. The van der Waals surface area contributed by atoms with Crippen molar-refractivity contribution < 1.29 is 0 Å². The Morgan fingerprint density at radius 1 is 1.15 bits per heavy atom. The van der Waals surface area contributed by atoms with Gasteiger partial charge in [-0.3, -0.25) is 10.00 Å². The molecule has 1 aliphatic carbocycles. The van der Waals surface area contributed by atoms with Gasteiger partial charge in [-0.05, 0) is 69.3 Å². The maximum atomic E-state index is 4.60. The van der Waals surface area contributed by atoms with Gasteiger partial charge in [0.25, 0.3) is 0 Å². The number of aryl methyl sites for hydroxylation is 3. The third-order valence-electron chi connectivity index (χ3n) is 5.26. The van der Waals surface area contributed by atoms with E-state index in [1.165, 1.54) is 52.2 Å². The summed E-state index contributed by atoms with van der Waals surface area (Å²) in [5, 5.41) is 12.3. The quantitative estimate of drug-likeness (QED) is 0.764. The van der Waals surface area contributed by atoms with Crippen molar-refractivity contribution in [2.24, 2.45) is 0 Å². The zero-order valence-electron chi connectivity index (χ0n) is 15.9. The molecule has 4 rings (SSSR count). The number of fused-ring (bicyclic) bond motifs is 1. The lowest BCUT2D eigenvalue weighted by molar-refractivity contribution is 0.313. The molecule has 0 saturated heterocycles. The smallest absolute Gasteiger partial charge is 0.0797 e. The van der Waals surface area contributed by atoms with Gasteiger partial charge < -0.3 is 0 Å². The van der Waals surface area contributed by atoms with Crippen LogP contribution < -0.4 is 0 Å². The van der Waals surface area contributed by atoms with Crippen molar-refractivity contribution in [3.8, 4) is 5.69 Å². The van der Waals surface area contributed by atoms with Gasteiger partial charge in [0, 0.05) is 31.2 Å². The van der Waals surface area contributed by atoms with Gasteiger partial charge in [-0.1, -0.05) is 17.7 Å². The summed E-state index contributed by atoms with van der Waals surface area (Å²) in [4.78, 5) is 2.35. The predicted octanol–water partition coefficient (Wildman–Crippen LogP) is 3.72. The molecule has 0 spiro atoms. The zero-order valence-corrected chi connectivity index (χ0v) is 15.9. The first-order valence-corrected chi connectivity index (χ1v) is 9.45. The van der Waals surface area contributed by atoms with Crippen LogP contribution in [0.15, 0.2) is 30.6 Å². The molecule has 0 radical (unpaired) electrons. The average Bonchev–Trinajstić information content (AvgIpc) is 3.25. The van der Waals surface area contributed by atoms with Crippen molar-refractivity contribution in [1.82, 2.24) is 24.9 Å². The van der Waals surface area contributed by atoms with E-state index < -0.39 is 0 Å². The molecular weight excluding hydrogens is 322 g/mol. The molecule has 5 nitrogen and oxygen atoms in total. The number of hydrogen-bond donors (Lipinski definition) is 1. The van der Waals surface area contributed by atoms with Crippen LogP contribution in [0, 0.1) is 13.8 Å². The van der Waals surface area contributed by atoms with Crippen molar-refractivity contribution in [2.45, 2.75) is 52.6 Å². The van der Waals surface area contributed by atoms with Crippen molar-refractivity contribution in [3.63, 3.8) is 0 Å². The van der Waals surface area contributed by atoms with E-state index in [2.05, 4.69) is 53.2 Å². The van der Waals surface area contributed by atoms with Gasteiger partial charge in [-0.2, -0.15) is 10.2 Å². The number of aromatic amines is 1. The Hall–Kier alpha value is -2.40. The lowest BCUT2D eigenvalue weighted by Gasteiger charge is -2.21. The maximum absolute atomic E-state index is 4.60. The van der Waals surface area contributed by atoms with Crippen LogP contribution in [-0.4, -0.2) is 31.9 Å². The van der Waals surface area contributed by atoms with Gasteiger partial charge in [0.2, 0.25) is 0 Å². The minimum absolute atomic E-state index is 0.872. The first-order chi connectivity index (χ1) is 12.6. The van der Waals surface area contributed by atoms with Crippen LogP contribution in [0.25, 0.3) is 5.69 Å². The fourth-order valence-corrected chi connectivity index (χ4v) is 4.18. The Morgan fingerprint density at radius 3 is 2.81 bits per heavy atom. The highest BCUT2D eigenvalue weighted by Crippen LogP contribution is 2.25. The normalized spacial score (nSPS) is 14.0. The van der Waals surface area contributed by atoms with Gasteiger partial charge >= 0.3 is 0 Å². The summed E-state index contributed by atoms with van der Waals surface area (Å²) in [6.45, 7) is 6.07. The molecule has 2 heterocycles. The van der Waals surface area contributed by atoms with Crippen LogP contribution in [0.4, 0.5) is 0 Å². The molecule has 136 valence electrons. The Labute approximate surface area is 155 Å². The average molecular weight is 349 g/mol. The summed E-state index contributed by atoms with van der Waals surface area (Å²) in [5.41, 5.74) is 9.06. The molecule has 2 aromatic heterocycles. The molecule has 0 amide bonds. The van der Waals surface area contributed by atoms with E-state index >= 15 is 0 Å². The lowest BCUT2D eigenvalue weighted by atomic mass is 9.96. The molecule has 1 N–H and O–H groups in total. The van der Waals surface area contributed by atoms with E-state index in [9.17, 15) is 0 Å². The van der Waals surface area contributed by atoms with Crippen molar-refractivity contribution in [3.05, 3.63) is 64.2 Å². The molecule has 0 bridgehead atoms. The number of hydrogen-bond acceptors (Lipinski definition) is 3. The number of nitrogens with zero attached hydrogens (tertiary/aromatic N) is 4. The van der Waals surface area contributed by atoms with Gasteiger partial charge in [-0.15, -0.1) is 0 Å². The third-order valence-corrected chi connectivity index (χ3v) is 5.26. The standard InChI is InChI=1S/C21H27N5/c1-15-11-16(2)21(26-10-6-9-22-26)17(12-15)13-25(3)14-20-18-7-4-5-8-19(18)23-24-20/h6,9-12H,4-5,7-8,13-14H2,1-3H3,(H,23,24). The van der Waals surface area contributed by atoms with Crippen LogP contribution in [0.1, 0.15) is 46.5 Å². The van der Waals surface area contributed by atoms with Crippen LogP contribution in [0.2, 0.25) is 0 Å². The highest BCUT2D eigenvalue weighted by molar-refractivity contribution is 5.49. The predicted molar refractivity (Wildman–Crippen MR) is 103 cm³/mol. The number of nitrogens with one attached hydrogen (secondary N) is 1. The van der Waals surface area contributed by atoms with Gasteiger partial charge in [-0.25, -0.2) is 4.68 Å². The lowest BCUT2D eigenvalue weighted by Crippen LogP contribution is -2.20. The van der Waals surface area contributed by atoms with E-state index in [0.717, 1.165) is 25.9 Å². The molecule has 0 saturated carbocycles. The molecule has 5 heteroatoms. The Kier molecular flexibility index (Phi) is 4.64. The highest BCUT2D eigenvalue weighted by Gasteiger charge is 2.18. The van der Waals surface area contributed by atoms with E-state index in [4.69, 9.17) is 0 Å². The minimum atomic E-state index is 0.872. The largest absolute Gasteiger partial charge is 0.296 e. The van der Waals surface area contributed by atoms with Crippen LogP contribution in [0.3, 0.4) is 0 Å². The molecule has 26 heavy (non-hydrogen) atoms. The highest BCUT2D eigenvalue weighted by atomic mass is 15.3. The number of aromatic nitrogens is 4. The van der Waals surface area contributed by atoms with Crippen LogP contribution >= 0.6 is 0 Å². The van der Waals surface area contributed by atoms with E-state index in [1.54, 1.807) is 0 Å². The van der Waals surface area contributed by atoms with Crippen LogP contribution in [0.5, 0.6) is 0 Å². The molecule has 0 atom stereocenters. The summed E-state index contributed by atoms with van der Waals surface area (Å²) in [7, 11) is 2.18. The minimum Gasteiger partial charge on any atom is -0.296 e. The second-order valence-electron chi connectivity index (χ2n) is 7.55. The molecular formula is C21H27N5. The molecule has 0 aliphatic heterocycles. The van der Waals surface area contributed by atoms with E-state index in [-0.39, 0.29) is 0 Å². The molecule has 3 aromatic rings. The summed E-state index contributed by atoms with van der Waals surface area (Å²) in [6, 6.07) is 6.48. The maximum Gasteiger partial charge on any atom is 0.0797 e. The summed E-state index contributed by atoms with van der Waals surface area (Å²) in [5.74, 6) is 0.